The summed E-state index contributed by atoms with van der Waals surface area (Å²) < 4.78 is 7.14. The number of aromatic nitrogens is 4. The average Bonchev–Trinajstić information content (AvgIpc) is 2.91. The Bertz CT molecular complexity index is 688. The van der Waals surface area contributed by atoms with Gasteiger partial charge in [-0.05, 0) is 13.8 Å². The van der Waals surface area contributed by atoms with Crippen molar-refractivity contribution in [2.45, 2.75) is 13.8 Å². The van der Waals surface area contributed by atoms with Crippen molar-refractivity contribution in [3.63, 3.8) is 0 Å². The molecule has 2 N–H and O–H groups in total. The molecule has 2 aromatic heterocycles. The van der Waals surface area contributed by atoms with Crippen LogP contribution >= 0.6 is 0 Å². The Morgan fingerprint density at radius 2 is 2.15 bits per heavy atom. The number of anilines is 1. The normalized spacial score (nSPS) is 14.1. The molecule has 1 aliphatic rings. The standard InChI is InChI=1S/C12H15N5O3/c1-6-9-12(16(3)15-6)20-5-4-17(9)11(19)8-10(18)7(2)13-14-8/h18H,4-5H2,1-3H3,(H,13,14). The Labute approximate surface area is 115 Å². The fourth-order valence-corrected chi connectivity index (χ4v) is 2.36. The largest absolute Gasteiger partial charge is 0.504 e. The first-order valence-corrected chi connectivity index (χ1v) is 6.23. The Balaban J connectivity index is 2.05. The third-order valence-corrected chi connectivity index (χ3v) is 3.34. The highest BCUT2D eigenvalue weighted by molar-refractivity contribution is 6.07. The fraction of sp³-hybridized carbons (Fsp3) is 0.417. The van der Waals surface area contributed by atoms with Crippen molar-refractivity contribution < 1.29 is 14.6 Å². The molecule has 2 aromatic rings. The molecule has 0 unspecified atom stereocenters. The molecule has 0 bridgehead atoms. The van der Waals surface area contributed by atoms with E-state index >= 15 is 0 Å². The van der Waals surface area contributed by atoms with E-state index in [-0.39, 0.29) is 17.4 Å². The molecule has 106 valence electrons. The topological polar surface area (TPSA) is 96.3 Å². The number of aromatic amines is 1. The fourth-order valence-electron chi connectivity index (χ4n) is 2.36. The molecule has 20 heavy (non-hydrogen) atoms. The van der Waals surface area contributed by atoms with Crippen molar-refractivity contribution in [3.05, 3.63) is 17.1 Å². The SMILES string of the molecule is Cc1n[nH]c(C(=O)N2CCOc3c2c(C)nn3C)c1O. The highest BCUT2D eigenvalue weighted by atomic mass is 16.5. The van der Waals surface area contributed by atoms with E-state index in [1.54, 1.807) is 23.6 Å². The summed E-state index contributed by atoms with van der Waals surface area (Å²) in [7, 11) is 1.76. The minimum atomic E-state index is -0.344. The predicted molar refractivity (Wildman–Crippen MR) is 70.1 cm³/mol. The molecule has 0 radical (unpaired) electrons. The molecule has 0 spiro atoms. The third kappa shape index (κ3) is 1.64. The van der Waals surface area contributed by atoms with E-state index in [1.807, 2.05) is 6.92 Å². The van der Waals surface area contributed by atoms with Crippen LogP contribution in [0.3, 0.4) is 0 Å². The summed E-state index contributed by atoms with van der Waals surface area (Å²) in [5, 5.41) is 20.5. The molecule has 1 amide bonds. The Hall–Kier alpha value is -2.51. The molecule has 0 aliphatic carbocycles. The molecule has 0 saturated heterocycles. The predicted octanol–water partition coefficient (Wildman–Crippen LogP) is 0.505. The first-order valence-electron chi connectivity index (χ1n) is 6.23. The van der Waals surface area contributed by atoms with Gasteiger partial charge in [0.15, 0.2) is 11.4 Å². The van der Waals surface area contributed by atoms with Gasteiger partial charge in [0.05, 0.1) is 12.2 Å². The maximum Gasteiger partial charge on any atom is 0.280 e. The lowest BCUT2D eigenvalue weighted by Gasteiger charge is -2.27. The highest BCUT2D eigenvalue weighted by Crippen LogP contribution is 2.35. The van der Waals surface area contributed by atoms with Crippen LogP contribution in [0.5, 0.6) is 11.6 Å². The number of carbonyl (C=O) groups is 1. The van der Waals surface area contributed by atoms with Crippen molar-refractivity contribution in [2.75, 3.05) is 18.1 Å². The van der Waals surface area contributed by atoms with Crippen molar-refractivity contribution >= 4 is 11.6 Å². The lowest BCUT2D eigenvalue weighted by Crippen LogP contribution is -2.38. The van der Waals surface area contributed by atoms with Gasteiger partial charge in [0.25, 0.3) is 5.91 Å². The maximum absolute atomic E-state index is 12.6. The van der Waals surface area contributed by atoms with E-state index in [9.17, 15) is 9.90 Å². The molecular formula is C12H15N5O3. The van der Waals surface area contributed by atoms with Crippen LogP contribution < -0.4 is 9.64 Å². The highest BCUT2D eigenvalue weighted by Gasteiger charge is 2.32. The van der Waals surface area contributed by atoms with Crippen LogP contribution in [0.4, 0.5) is 5.69 Å². The molecule has 3 heterocycles. The van der Waals surface area contributed by atoms with Crippen LogP contribution in [0.15, 0.2) is 0 Å². The molecule has 1 aliphatic heterocycles. The summed E-state index contributed by atoms with van der Waals surface area (Å²) >= 11 is 0. The lowest BCUT2D eigenvalue weighted by molar-refractivity contribution is 0.0968. The number of hydrogen-bond donors (Lipinski definition) is 2. The van der Waals surface area contributed by atoms with Crippen LogP contribution in [0, 0.1) is 13.8 Å². The number of amides is 1. The molecule has 0 atom stereocenters. The van der Waals surface area contributed by atoms with Gasteiger partial charge < -0.3 is 9.84 Å². The average molecular weight is 277 g/mol. The molecular weight excluding hydrogens is 262 g/mol. The number of rotatable bonds is 1. The van der Waals surface area contributed by atoms with Gasteiger partial charge in [-0.1, -0.05) is 0 Å². The summed E-state index contributed by atoms with van der Waals surface area (Å²) in [6, 6.07) is 0. The van der Waals surface area contributed by atoms with Gasteiger partial charge in [-0.3, -0.25) is 14.8 Å². The molecule has 0 saturated carbocycles. The Morgan fingerprint density at radius 1 is 1.40 bits per heavy atom. The van der Waals surface area contributed by atoms with Gasteiger partial charge in [0.1, 0.15) is 18.0 Å². The number of fused-ring (bicyclic) bond motifs is 1. The number of nitrogens with zero attached hydrogens (tertiary/aromatic N) is 4. The minimum Gasteiger partial charge on any atom is -0.504 e. The van der Waals surface area contributed by atoms with E-state index in [0.717, 1.165) is 0 Å². The summed E-state index contributed by atoms with van der Waals surface area (Å²) in [6.07, 6.45) is 0. The summed E-state index contributed by atoms with van der Waals surface area (Å²) in [4.78, 5) is 14.1. The van der Waals surface area contributed by atoms with Crippen LogP contribution in [0.2, 0.25) is 0 Å². The molecule has 0 fully saturated rings. The first-order chi connectivity index (χ1) is 9.50. The molecule has 3 rings (SSSR count). The quantitative estimate of drug-likeness (QED) is 0.791. The van der Waals surface area contributed by atoms with E-state index in [1.165, 1.54) is 0 Å². The maximum atomic E-state index is 12.6. The van der Waals surface area contributed by atoms with Crippen molar-refractivity contribution in [2.24, 2.45) is 7.05 Å². The summed E-state index contributed by atoms with van der Waals surface area (Å²) in [5.41, 5.74) is 1.81. The van der Waals surface area contributed by atoms with Crippen LogP contribution in [0.1, 0.15) is 21.9 Å². The number of carbonyl (C=O) groups excluding carboxylic acids is 1. The van der Waals surface area contributed by atoms with Crippen LogP contribution in [-0.4, -0.2) is 44.1 Å². The third-order valence-electron chi connectivity index (χ3n) is 3.34. The van der Waals surface area contributed by atoms with Gasteiger partial charge in [-0.25, -0.2) is 4.68 Å². The first kappa shape index (κ1) is 12.5. The second kappa shape index (κ2) is 4.26. The number of aryl methyl sites for hydroxylation is 3. The van der Waals surface area contributed by atoms with Crippen LogP contribution in [0.25, 0.3) is 0 Å². The van der Waals surface area contributed by atoms with E-state index in [2.05, 4.69) is 15.3 Å². The monoisotopic (exact) mass is 277 g/mol. The van der Waals surface area contributed by atoms with Crippen molar-refractivity contribution in [1.82, 2.24) is 20.0 Å². The Kier molecular flexibility index (Phi) is 2.66. The van der Waals surface area contributed by atoms with Gasteiger partial charge in [-0.2, -0.15) is 10.2 Å². The van der Waals surface area contributed by atoms with Gasteiger partial charge in [0, 0.05) is 7.05 Å². The number of H-pyrrole nitrogens is 1. The van der Waals surface area contributed by atoms with Gasteiger partial charge in [-0.15, -0.1) is 0 Å². The molecule has 0 aromatic carbocycles. The number of hydrogen-bond acceptors (Lipinski definition) is 5. The van der Waals surface area contributed by atoms with E-state index < -0.39 is 0 Å². The van der Waals surface area contributed by atoms with Crippen molar-refractivity contribution in [3.8, 4) is 11.6 Å². The van der Waals surface area contributed by atoms with E-state index in [4.69, 9.17) is 4.74 Å². The smallest absolute Gasteiger partial charge is 0.280 e. The van der Waals surface area contributed by atoms with Gasteiger partial charge >= 0.3 is 0 Å². The summed E-state index contributed by atoms with van der Waals surface area (Å²) in [6.45, 7) is 4.22. The molecule has 8 heteroatoms. The second-order valence-corrected chi connectivity index (χ2v) is 4.70. The lowest BCUT2D eigenvalue weighted by atomic mass is 10.2. The zero-order chi connectivity index (χ0) is 14.4. The van der Waals surface area contributed by atoms with Crippen molar-refractivity contribution in [1.29, 1.82) is 0 Å². The zero-order valence-corrected chi connectivity index (χ0v) is 11.5. The van der Waals surface area contributed by atoms with Gasteiger partial charge in [0.2, 0.25) is 5.88 Å². The number of ether oxygens (including phenoxy) is 1. The second-order valence-electron chi connectivity index (χ2n) is 4.70. The summed E-state index contributed by atoms with van der Waals surface area (Å²) in [5.74, 6) is 0.0890. The zero-order valence-electron chi connectivity index (χ0n) is 11.5. The van der Waals surface area contributed by atoms with E-state index in [0.29, 0.717) is 36.1 Å². The van der Waals surface area contributed by atoms with Crippen LogP contribution in [-0.2, 0) is 7.05 Å². The number of nitrogens with one attached hydrogen (secondary N) is 1. The minimum absolute atomic E-state index is 0.0820. The molecule has 8 nitrogen and oxygen atoms in total. The number of aromatic hydroxyl groups is 1. The Morgan fingerprint density at radius 3 is 2.80 bits per heavy atom.